The number of nitrogens with one attached hydrogen (secondary N) is 1. The van der Waals surface area contributed by atoms with Crippen LogP contribution in [0.25, 0.3) is 17.1 Å². The zero-order chi connectivity index (χ0) is 19.9. The lowest BCUT2D eigenvalue weighted by molar-refractivity contribution is -0.118. The Bertz CT molecular complexity index is 992. The number of benzene rings is 1. The summed E-state index contributed by atoms with van der Waals surface area (Å²) in [5.74, 6) is 3.47. The molecule has 0 unspecified atom stereocenters. The van der Waals surface area contributed by atoms with Crippen LogP contribution in [0.4, 0.5) is 0 Å². The van der Waals surface area contributed by atoms with Crippen molar-refractivity contribution in [1.82, 2.24) is 25.1 Å². The lowest BCUT2D eigenvalue weighted by Crippen LogP contribution is -2.25. The van der Waals surface area contributed by atoms with E-state index in [1.807, 2.05) is 34.9 Å². The van der Waals surface area contributed by atoms with Crippen LogP contribution in [0.3, 0.4) is 0 Å². The Hall–Kier alpha value is -3.11. The van der Waals surface area contributed by atoms with Crippen molar-refractivity contribution in [2.45, 2.75) is 24.9 Å². The number of hydrogen-bond acceptors (Lipinski definition) is 5. The molecular formula is C21H21N5OS. The van der Waals surface area contributed by atoms with Crippen molar-refractivity contribution in [3.63, 3.8) is 0 Å². The summed E-state index contributed by atoms with van der Waals surface area (Å²) in [6.45, 7) is 4.50. The number of carbonyl (C=O) groups is 1. The standard InChI is InChI=1S/C21H21N5OS/c1-4-11-23-19(27)14-28-21-25-24-20(16-8-7-12-22-13-16)26(21)18-10-6-5-9-17(18)15(2)3/h1,5-10,12-13,15H,11,14H2,2-3H3,(H,23,27). The van der Waals surface area contributed by atoms with Gasteiger partial charge in [0.05, 0.1) is 18.0 Å². The van der Waals surface area contributed by atoms with Gasteiger partial charge in [0.15, 0.2) is 11.0 Å². The van der Waals surface area contributed by atoms with Crippen molar-refractivity contribution < 1.29 is 4.79 Å². The second-order valence-corrected chi connectivity index (χ2v) is 7.31. The van der Waals surface area contributed by atoms with Gasteiger partial charge in [0.25, 0.3) is 0 Å². The fraction of sp³-hybridized carbons (Fsp3) is 0.238. The van der Waals surface area contributed by atoms with E-state index in [1.54, 1.807) is 12.4 Å². The second-order valence-electron chi connectivity index (χ2n) is 6.37. The van der Waals surface area contributed by atoms with Gasteiger partial charge in [-0.2, -0.15) is 0 Å². The molecule has 2 aromatic heterocycles. The number of rotatable bonds is 7. The Kier molecular flexibility index (Phi) is 6.45. The first-order valence-corrected chi connectivity index (χ1v) is 9.88. The quantitative estimate of drug-likeness (QED) is 0.494. The number of terminal acetylenes is 1. The van der Waals surface area contributed by atoms with Crippen LogP contribution in [0, 0.1) is 12.3 Å². The lowest BCUT2D eigenvalue weighted by Gasteiger charge is -2.16. The molecule has 0 saturated heterocycles. The molecule has 0 saturated carbocycles. The topological polar surface area (TPSA) is 72.7 Å². The van der Waals surface area contributed by atoms with Crippen LogP contribution >= 0.6 is 11.8 Å². The number of amides is 1. The molecule has 0 radical (unpaired) electrons. The first-order valence-electron chi connectivity index (χ1n) is 8.90. The van der Waals surface area contributed by atoms with Gasteiger partial charge in [-0.3, -0.25) is 14.3 Å². The summed E-state index contributed by atoms with van der Waals surface area (Å²) in [5, 5.41) is 12.0. The van der Waals surface area contributed by atoms with Gasteiger partial charge in [-0.05, 0) is 29.7 Å². The summed E-state index contributed by atoms with van der Waals surface area (Å²) in [4.78, 5) is 16.2. The highest BCUT2D eigenvalue weighted by Gasteiger charge is 2.20. The molecule has 1 aromatic carbocycles. The van der Waals surface area contributed by atoms with Crippen LogP contribution in [0.5, 0.6) is 0 Å². The number of nitrogens with zero attached hydrogens (tertiary/aromatic N) is 4. The van der Waals surface area contributed by atoms with Crippen LogP contribution in [-0.4, -0.2) is 38.0 Å². The Labute approximate surface area is 168 Å². The molecule has 28 heavy (non-hydrogen) atoms. The molecule has 6 nitrogen and oxygen atoms in total. The Balaban J connectivity index is 2.04. The fourth-order valence-electron chi connectivity index (χ4n) is 2.77. The minimum absolute atomic E-state index is 0.141. The van der Waals surface area contributed by atoms with Crippen LogP contribution in [-0.2, 0) is 4.79 Å². The highest BCUT2D eigenvalue weighted by atomic mass is 32.2. The van der Waals surface area contributed by atoms with Crippen molar-refractivity contribution in [2.75, 3.05) is 12.3 Å². The summed E-state index contributed by atoms with van der Waals surface area (Å²) in [7, 11) is 0. The normalized spacial score (nSPS) is 10.6. The highest BCUT2D eigenvalue weighted by Crippen LogP contribution is 2.31. The van der Waals surface area contributed by atoms with Gasteiger partial charge in [0.1, 0.15) is 0 Å². The van der Waals surface area contributed by atoms with E-state index < -0.39 is 0 Å². The third kappa shape index (κ3) is 4.41. The fourth-order valence-corrected chi connectivity index (χ4v) is 3.55. The first kappa shape index (κ1) is 19.6. The van der Waals surface area contributed by atoms with E-state index in [0.717, 1.165) is 11.3 Å². The van der Waals surface area contributed by atoms with Crippen molar-refractivity contribution >= 4 is 17.7 Å². The maximum absolute atomic E-state index is 12.0. The van der Waals surface area contributed by atoms with E-state index in [-0.39, 0.29) is 18.2 Å². The lowest BCUT2D eigenvalue weighted by atomic mass is 10.0. The summed E-state index contributed by atoms with van der Waals surface area (Å²) >= 11 is 1.32. The number of pyridine rings is 1. The Morgan fingerprint density at radius 1 is 1.25 bits per heavy atom. The predicted molar refractivity (Wildman–Crippen MR) is 111 cm³/mol. The zero-order valence-corrected chi connectivity index (χ0v) is 16.6. The molecule has 1 N–H and O–H groups in total. The highest BCUT2D eigenvalue weighted by molar-refractivity contribution is 7.99. The van der Waals surface area contributed by atoms with Gasteiger partial charge in [-0.15, -0.1) is 16.6 Å². The van der Waals surface area contributed by atoms with Gasteiger partial charge in [-0.25, -0.2) is 0 Å². The monoisotopic (exact) mass is 391 g/mol. The molecule has 0 aliphatic carbocycles. The van der Waals surface area contributed by atoms with Gasteiger partial charge < -0.3 is 5.32 Å². The van der Waals surface area contributed by atoms with Crippen molar-refractivity contribution in [1.29, 1.82) is 0 Å². The van der Waals surface area contributed by atoms with Crippen LogP contribution in [0.15, 0.2) is 53.9 Å². The van der Waals surface area contributed by atoms with E-state index in [0.29, 0.717) is 16.9 Å². The smallest absolute Gasteiger partial charge is 0.231 e. The van der Waals surface area contributed by atoms with E-state index in [9.17, 15) is 4.79 Å². The number of carbonyl (C=O) groups excluding carboxylic acids is 1. The number of para-hydroxylation sites is 1. The van der Waals surface area contributed by atoms with E-state index >= 15 is 0 Å². The average molecular weight is 392 g/mol. The Morgan fingerprint density at radius 2 is 2.07 bits per heavy atom. The molecule has 3 rings (SSSR count). The number of thioether (sulfide) groups is 1. The minimum Gasteiger partial charge on any atom is -0.344 e. The summed E-state index contributed by atoms with van der Waals surface area (Å²) in [6, 6.07) is 12.0. The molecule has 2 heterocycles. The molecule has 0 atom stereocenters. The van der Waals surface area contributed by atoms with E-state index in [4.69, 9.17) is 6.42 Å². The van der Waals surface area contributed by atoms with Crippen LogP contribution in [0.2, 0.25) is 0 Å². The predicted octanol–water partition coefficient (Wildman–Crippen LogP) is 3.29. The maximum atomic E-state index is 12.0. The van der Waals surface area contributed by atoms with E-state index in [1.165, 1.54) is 17.3 Å². The molecule has 1 amide bonds. The van der Waals surface area contributed by atoms with Crippen molar-refractivity contribution in [3.8, 4) is 29.4 Å². The molecule has 0 bridgehead atoms. The van der Waals surface area contributed by atoms with Gasteiger partial charge in [0, 0.05) is 18.0 Å². The SMILES string of the molecule is C#CCNC(=O)CSc1nnc(-c2cccnc2)n1-c1ccccc1C(C)C. The van der Waals surface area contributed by atoms with Crippen molar-refractivity contribution in [3.05, 3.63) is 54.4 Å². The largest absolute Gasteiger partial charge is 0.344 e. The van der Waals surface area contributed by atoms with E-state index in [2.05, 4.69) is 46.3 Å². The van der Waals surface area contributed by atoms with Gasteiger partial charge in [0.2, 0.25) is 5.91 Å². The summed E-state index contributed by atoms with van der Waals surface area (Å²) in [6.07, 6.45) is 8.67. The van der Waals surface area contributed by atoms with Crippen LogP contribution in [0.1, 0.15) is 25.3 Å². The third-order valence-corrected chi connectivity index (χ3v) is 5.00. The van der Waals surface area contributed by atoms with Crippen molar-refractivity contribution in [2.24, 2.45) is 0 Å². The first-order chi connectivity index (χ1) is 13.6. The van der Waals surface area contributed by atoms with Gasteiger partial charge >= 0.3 is 0 Å². The molecule has 0 fully saturated rings. The number of hydrogen-bond donors (Lipinski definition) is 1. The molecule has 3 aromatic rings. The third-order valence-electron chi connectivity index (χ3n) is 4.07. The molecule has 7 heteroatoms. The summed E-state index contributed by atoms with van der Waals surface area (Å²) in [5.41, 5.74) is 3.02. The average Bonchev–Trinajstić information content (AvgIpc) is 3.15. The minimum atomic E-state index is -0.141. The zero-order valence-electron chi connectivity index (χ0n) is 15.8. The summed E-state index contributed by atoms with van der Waals surface area (Å²) < 4.78 is 1.99. The molecular weight excluding hydrogens is 370 g/mol. The Morgan fingerprint density at radius 3 is 2.79 bits per heavy atom. The molecule has 142 valence electrons. The van der Waals surface area contributed by atoms with Crippen LogP contribution < -0.4 is 5.32 Å². The maximum Gasteiger partial charge on any atom is 0.231 e. The molecule has 0 aliphatic heterocycles. The molecule has 0 spiro atoms. The second kappa shape index (κ2) is 9.20. The molecule has 0 aliphatic rings. The van der Waals surface area contributed by atoms with Gasteiger partial charge in [-0.1, -0.05) is 49.7 Å². The number of aromatic nitrogens is 4.